The Bertz CT molecular complexity index is 257. The van der Waals surface area contributed by atoms with Gasteiger partial charge in [-0.2, -0.15) is 0 Å². The Morgan fingerprint density at radius 2 is 1.95 bits per heavy atom. The molecule has 0 spiro atoms. The van der Waals surface area contributed by atoms with Crippen LogP contribution >= 0.6 is 0 Å². The van der Waals surface area contributed by atoms with Crippen molar-refractivity contribution in [1.82, 2.24) is 4.90 Å². The summed E-state index contributed by atoms with van der Waals surface area (Å²) in [6, 6.07) is -0.0676. The number of carbonyl (C=O) groups is 1. The van der Waals surface area contributed by atoms with E-state index in [9.17, 15) is 4.79 Å². The van der Waals surface area contributed by atoms with Gasteiger partial charge in [-0.1, -0.05) is 13.3 Å². The fourth-order valence-corrected chi connectivity index (χ4v) is 1.68. The first-order chi connectivity index (χ1) is 8.87. The van der Waals surface area contributed by atoms with Gasteiger partial charge in [-0.3, -0.25) is 4.90 Å². The molecular formula is C13H29N2O4+. The van der Waals surface area contributed by atoms with Gasteiger partial charge in [-0.05, 0) is 6.42 Å². The number of aliphatic hydroxyl groups excluding tert-OH is 1. The van der Waals surface area contributed by atoms with Gasteiger partial charge in [0, 0.05) is 20.7 Å². The molecule has 6 nitrogen and oxygen atoms in total. The summed E-state index contributed by atoms with van der Waals surface area (Å²) in [6.45, 7) is 3.22. The number of likely N-dealkylation sites (N-methyl/N-ethyl adjacent to an activating group) is 1. The minimum Gasteiger partial charge on any atom is -0.394 e. The van der Waals surface area contributed by atoms with E-state index in [-0.39, 0.29) is 23.7 Å². The third kappa shape index (κ3) is 6.33. The third-order valence-electron chi connectivity index (χ3n) is 2.90. The van der Waals surface area contributed by atoms with Crippen LogP contribution < -0.4 is 0 Å². The zero-order valence-corrected chi connectivity index (χ0v) is 12.9. The number of aliphatic hydroxyl groups is 1. The van der Waals surface area contributed by atoms with Crippen LogP contribution in [0.4, 0.5) is 4.79 Å². The Hall–Kier alpha value is -0.690. The Labute approximate surface area is 116 Å². The lowest BCUT2D eigenvalue weighted by atomic mass is 10.3. The van der Waals surface area contributed by atoms with Crippen molar-refractivity contribution in [2.75, 3.05) is 54.6 Å². The normalized spacial score (nSPS) is 13.4. The molecule has 0 aromatic heterocycles. The van der Waals surface area contributed by atoms with E-state index in [0.717, 1.165) is 12.8 Å². The van der Waals surface area contributed by atoms with Gasteiger partial charge in [-0.25, -0.2) is 9.28 Å². The molecule has 0 radical (unpaired) electrons. The minimum absolute atomic E-state index is 0.0408. The Morgan fingerprint density at radius 3 is 2.42 bits per heavy atom. The van der Waals surface area contributed by atoms with Crippen molar-refractivity contribution in [1.29, 1.82) is 0 Å². The second-order valence-electron chi connectivity index (χ2n) is 5.19. The Kier molecular flexibility index (Phi) is 8.92. The van der Waals surface area contributed by atoms with E-state index < -0.39 is 6.23 Å². The molecule has 0 aromatic carbocycles. The van der Waals surface area contributed by atoms with E-state index in [1.54, 1.807) is 28.2 Å². The number of nitrogens with zero attached hydrogens (tertiary/aromatic N) is 2. The average Bonchev–Trinajstić information content (AvgIpc) is 2.36. The molecule has 114 valence electrons. The Morgan fingerprint density at radius 1 is 1.32 bits per heavy atom. The summed E-state index contributed by atoms with van der Waals surface area (Å²) < 4.78 is 11.2. The molecule has 6 heteroatoms. The van der Waals surface area contributed by atoms with Crippen molar-refractivity contribution in [3.8, 4) is 0 Å². The first kappa shape index (κ1) is 18.3. The van der Waals surface area contributed by atoms with Gasteiger partial charge in [0.15, 0.2) is 0 Å². The molecule has 0 aromatic rings. The van der Waals surface area contributed by atoms with Gasteiger partial charge in [-0.15, -0.1) is 0 Å². The highest BCUT2D eigenvalue weighted by atomic mass is 16.6. The summed E-state index contributed by atoms with van der Waals surface area (Å²) >= 11 is 0. The fraction of sp³-hybridized carbons (Fsp3) is 0.923. The molecule has 1 atom stereocenters. The molecule has 19 heavy (non-hydrogen) atoms. The smallest absolute Gasteiger partial charge is 0.394 e. The summed E-state index contributed by atoms with van der Waals surface area (Å²) in [5, 5.41) is 8.87. The fourth-order valence-electron chi connectivity index (χ4n) is 1.68. The van der Waals surface area contributed by atoms with Crippen LogP contribution in [-0.2, 0) is 9.47 Å². The zero-order valence-electron chi connectivity index (χ0n) is 12.9. The van der Waals surface area contributed by atoms with E-state index in [0.29, 0.717) is 13.2 Å². The molecule has 0 heterocycles. The van der Waals surface area contributed by atoms with Gasteiger partial charge in [0.05, 0.1) is 27.3 Å². The van der Waals surface area contributed by atoms with Crippen LogP contribution in [0.5, 0.6) is 0 Å². The predicted molar refractivity (Wildman–Crippen MR) is 73.7 cm³/mol. The van der Waals surface area contributed by atoms with Crippen molar-refractivity contribution in [2.24, 2.45) is 0 Å². The molecule has 0 saturated heterocycles. The summed E-state index contributed by atoms with van der Waals surface area (Å²) in [7, 11) is 6.99. The van der Waals surface area contributed by atoms with Crippen molar-refractivity contribution >= 4 is 6.03 Å². The number of ether oxygens (including phenoxy) is 2. The molecule has 0 bridgehead atoms. The molecular weight excluding hydrogens is 248 g/mol. The Balaban J connectivity index is 4.57. The number of hydrogen-bond acceptors (Lipinski definition) is 4. The van der Waals surface area contributed by atoms with Crippen molar-refractivity contribution < 1.29 is 23.9 Å². The monoisotopic (exact) mass is 277 g/mol. The largest absolute Gasteiger partial charge is 0.420 e. The third-order valence-corrected chi connectivity index (χ3v) is 2.90. The summed E-state index contributed by atoms with van der Waals surface area (Å²) in [6.07, 6.45) is 1.64. The summed E-state index contributed by atoms with van der Waals surface area (Å²) in [5.74, 6) is 0. The van der Waals surface area contributed by atoms with Crippen LogP contribution in [0.15, 0.2) is 0 Å². The maximum Gasteiger partial charge on any atom is 0.420 e. The molecule has 1 N–H and O–H groups in total. The number of urea groups is 1. The van der Waals surface area contributed by atoms with Crippen LogP contribution in [0.25, 0.3) is 0 Å². The summed E-state index contributed by atoms with van der Waals surface area (Å²) in [5.41, 5.74) is 0. The highest BCUT2D eigenvalue weighted by molar-refractivity contribution is 5.66. The number of quaternary nitrogens is 1. The lowest BCUT2D eigenvalue weighted by molar-refractivity contribution is -0.867. The van der Waals surface area contributed by atoms with E-state index in [2.05, 4.69) is 6.92 Å². The quantitative estimate of drug-likeness (QED) is 0.386. The minimum atomic E-state index is -0.418. The molecule has 1 unspecified atom stereocenters. The van der Waals surface area contributed by atoms with Gasteiger partial charge in [0.1, 0.15) is 6.61 Å². The summed E-state index contributed by atoms with van der Waals surface area (Å²) in [4.78, 5) is 13.7. The average molecular weight is 277 g/mol. The van der Waals surface area contributed by atoms with Crippen molar-refractivity contribution in [3.63, 3.8) is 0 Å². The molecule has 0 aliphatic rings. The molecule has 0 saturated carbocycles. The zero-order chi connectivity index (χ0) is 14.9. The van der Waals surface area contributed by atoms with Crippen LogP contribution in [-0.4, -0.2) is 81.4 Å². The first-order valence-electron chi connectivity index (χ1n) is 6.73. The van der Waals surface area contributed by atoms with Gasteiger partial charge in [0.2, 0.25) is 6.23 Å². The topological polar surface area (TPSA) is 59.0 Å². The second-order valence-corrected chi connectivity index (χ2v) is 5.19. The maximum atomic E-state index is 12.2. The van der Waals surface area contributed by atoms with Gasteiger partial charge in [0.25, 0.3) is 0 Å². The van der Waals surface area contributed by atoms with Crippen LogP contribution in [0.3, 0.4) is 0 Å². The van der Waals surface area contributed by atoms with Crippen LogP contribution in [0.1, 0.15) is 19.8 Å². The standard InChI is InChI=1S/C13H29N2O4/c1-6-7-9-18-11-12(19-10-8-16)15(4,5)13(17)14(2)3/h12,16H,6-11H2,1-5H3/q+1. The van der Waals surface area contributed by atoms with E-state index in [4.69, 9.17) is 14.6 Å². The molecule has 0 aliphatic heterocycles. The van der Waals surface area contributed by atoms with Gasteiger partial charge >= 0.3 is 6.03 Å². The highest BCUT2D eigenvalue weighted by Crippen LogP contribution is 2.13. The second kappa shape index (κ2) is 9.25. The maximum absolute atomic E-state index is 12.2. The van der Waals surface area contributed by atoms with Gasteiger partial charge < -0.3 is 14.6 Å². The lowest BCUT2D eigenvalue weighted by Crippen LogP contribution is -2.59. The van der Waals surface area contributed by atoms with Crippen LogP contribution in [0, 0.1) is 0 Å². The number of amides is 2. The number of unbranched alkanes of at least 4 members (excludes halogenated alkanes) is 1. The highest BCUT2D eigenvalue weighted by Gasteiger charge is 2.38. The molecule has 2 amide bonds. The van der Waals surface area contributed by atoms with E-state index >= 15 is 0 Å². The van der Waals surface area contributed by atoms with Crippen molar-refractivity contribution in [2.45, 2.75) is 26.0 Å². The van der Waals surface area contributed by atoms with E-state index in [1.165, 1.54) is 4.90 Å². The first-order valence-corrected chi connectivity index (χ1v) is 6.73. The number of carbonyl (C=O) groups excluding carboxylic acids is 1. The number of rotatable bonds is 9. The van der Waals surface area contributed by atoms with E-state index in [1.807, 2.05) is 0 Å². The number of hydrogen-bond donors (Lipinski definition) is 1. The molecule has 0 rings (SSSR count). The molecule has 0 fully saturated rings. The van der Waals surface area contributed by atoms with Crippen molar-refractivity contribution in [3.05, 3.63) is 0 Å². The SMILES string of the molecule is CCCCOCC(OCCO)[N+](C)(C)C(=O)N(C)C. The van der Waals surface area contributed by atoms with Crippen LogP contribution in [0.2, 0.25) is 0 Å². The predicted octanol–water partition coefficient (Wildman–Crippen LogP) is 0.896. The lowest BCUT2D eigenvalue weighted by Gasteiger charge is -2.36. The molecule has 0 aliphatic carbocycles.